The van der Waals surface area contributed by atoms with Gasteiger partial charge in [-0.2, -0.15) is 0 Å². The Labute approximate surface area is 86.9 Å². The van der Waals surface area contributed by atoms with Crippen molar-refractivity contribution >= 4 is 0 Å². The fraction of sp³-hybridized carbons (Fsp3) is 0.500. The van der Waals surface area contributed by atoms with Crippen LogP contribution in [-0.4, -0.2) is 17.2 Å². The second kappa shape index (κ2) is 10.2. The van der Waals surface area contributed by atoms with E-state index in [1.807, 2.05) is 0 Å². The molecule has 14 heavy (non-hydrogen) atoms. The van der Waals surface area contributed by atoms with E-state index < -0.39 is 0 Å². The van der Waals surface area contributed by atoms with Crippen molar-refractivity contribution in [1.29, 1.82) is 0 Å². The van der Waals surface area contributed by atoms with Gasteiger partial charge in [-0.1, -0.05) is 37.6 Å². The molecule has 0 aliphatic carbocycles. The predicted octanol–water partition coefficient (Wildman–Crippen LogP) is 2.26. The molecule has 0 spiro atoms. The zero-order chi connectivity index (χ0) is 10.1. The van der Waals surface area contributed by atoms with Gasteiger partial charge < -0.3 is 10.6 Å². The molecule has 2 nitrogen and oxygen atoms in total. The van der Waals surface area contributed by atoms with Crippen LogP contribution in [0.25, 0.3) is 0 Å². The molecule has 3 N–H and O–H groups in total. The standard InChI is InChI=1S/C8H10.C4H10O.H2O/c1-7-5-3-4-6-8(7)2;1-2-3-4-5;/h3-6H,1-2H3;5H,2-4H2,1H3;1H2. The summed E-state index contributed by atoms with van der Waals surface area (Å²) in [7, 11) is 0. The first-order valence-corrected chi connectivity index (χ1v) is 4.85. The summed E-state index contributed by atoms with van der Waals surface area (Å²) < 4.78 is 0. The third kappa shape index (κ3) is 7.77. The quantitative estimate of drug-likeness (QED) is 0.778. The largest absolute Gasteiger partial charge is 0.412 e. The summed E-state index contributed by atoms with van der Waals surface area (Å²) in [6.45, 7) is 6.64. The van der Waals surface area contributed by atoms with Gasteiger partial charge in [0.1, 0.15) is 0 Å². The molecule has 0 unspecified atom stereocenters. The summed E-state index contributed by atoms with van der Waals surface area (Å²) in [6.07, 6.45) is 2.04. The van der Waals surface area contributed by atoms with Gasteiger partial charge in [-0.3, -0.25) is 0 Å². The Hall–Kier alpha value is -0.860. The number of aliphatic hydroxyl groups excluding tert-OH is 1. The SMILES string of the molecule is CCCCO.Cc1ccccc1C.O. The first-order chi connectivity index (χ1) is 6.22. The van der Waals surface area contributed by atoms with Crippen LogP contribution >= 0.6 is 0 Å². The van der Waals surface area contributed by atoms with Gasteiger partial charge >= 0.3 is 0 Å². The Balaban J connectivity index is 0. The smallest absolute Gasteiger partial charge is 0.0430 e. The highest BCUT2D eigenvalue weighted by Gasteiger charge is 1.83. The first kappa shape index (κ1) is 15.6. The fourth-order valence-corrected chi connectivity index (χ4v) is 0.821. The van der Waals surface area contributed by atoms with Crippen LogP contribution in [0.3, 0.4) is 0 Å². The van der Waals surface area contributed by atoms with E-state index >= 15 is 0 Å². The molecule has 0 amide bonds. The van der Waals surface area contributed by atoms with Gasteiger partial charge in [0.15, 0.2) is 0 Å². The normalized spacial score (nSPS) is 8.29. The van der Waals surface area contributed by atoms with Crippen LogP contribution in [0, 0.1) is 13.8 Å². The van der Waals surface area contributed by atoms with Crippen molar-refractivity contribution in [3.63, 3.8) is 0 Å². The van der Waals surface area contributed by atoms with E-state index in [0.717, 1.165) is 12.8 Å². The summed E-state index contributed by atoms with van der Waals surface area (Å²) >= 11 is 0. The topological polar surface area (TPSA) is 51.7 Å². The van der Waals surface area contributed by atoms with Gasteiger partial charge in [-0.15, -0.1) is 0 Å². The van der Waals surface area contributed by atoms with Gasteiger partial charge in [0.05, 0.1) is 0 Å². The lowest BCUT2D eigenvalue weighted by atomic mass is 10.1. The molecule has 0 atom stereocenters. The maximum absolute atomic E-state index is 8.07. The third-order valence-electron chi connectivity index (χ3n) is 1.94. The molecule has 0 radical (unpaired) electrons. The Morgan fingerprint density at radius 1 is 1.07 bits per heavy atom. The van der Waals surface area contributed by atoms with Crippen molar-refractivity contribution in [2.24, 2.45) is 0 Å². The lowest BCUT2D eigenvalue weighted by Crippen LogP contribution is -1.75. The molecular weight excluding hydrogens is 176 g/mol. The van der Waals surface area contributed by atoms with E-state index in [0.29, 0.717) is 6.61 Å². The maximum atomic E-state index is 8.07. The van der Waals surface area contributed by atoms with E-state index in [2.05, 4.69) is 45.0 Å². The van der Waals surface area contributed by atoms with Crippen molar-refractivity contribution in [2.75, 3.05) is 6.61 Å². The lowest BCUT2D eigenvalue weighted by Gasteiger charge is -1.93. The monoisotopic (exact) mass is 198 g/mol. The molecule has 0 aliphatic heterocycles. The van der Waals surface area contributed by atoms with Gasteiger partial charge in [0.2, 0.25) is 0 Å². The minimum Gasteiger partial charge on any atom is -0.412 e. The van der Waals surface area contributed by atoms with Crippen LogP contribution in [0.2, 0.25) is 0 Å². The number of rotatable bonds is 2. The summed E-state index contributed by atoms with van der Waals surface area (Å²) in [4.78, 5) is 0. The van der Waals surface area contributed by atoms with Crippen LogP contribution in [0.15, 0.2) is 24.3 Å². The summed E-state index contributed by atoms with van der Waals surface area (Å²) in [5.74, 6) is 0. The van der Waals surface area contributed by atoms with Gasteiger partial charge in [-0.05, 0) is 31.4 Å². The number of aliphatic hydroxyl groups is 1. The van der Waals surface area contributed by atoms with Crippen molar-refractivity contribution in [3.05, 3.63) is 35.4 Å². The number of hydrogen-bond acceptors (Lipinski definition) is 1. The Kier molecular flexibility index (Phi) is 11.4. The third-order valence-corrected chi connectivity index (χ3v) is 1.94. The van der Waals surface area contributed by atoms with E-state index in [-0.39, 0.29) is 5.48 Å². The van der Waals surface area contributed by atoms with Crippen LogP contribution in [0.4, 0.5) is 0 Å². The van der Waals surface area contributed by atoms with E-state index in [1.54, 1.807) is 0 Å². The number of hydrogen-bond donors (Lipinski definition) is 1. The lowest BCUT2D eigenvalue weighted by molar-refractivity contribution is 0.287. The fourth-order valence-electron chi connectivity index (χ4n) is 0.821. The number of benzene rings is 1. The first-order valence-electron chi connectivity index (χ1n) is 4.85. The van der Waals surface area contributed by atoms with E-state index in [9.17, 15) is 0 Å². The zero-order valence-corrected chi connectivity index (χ0v) is 9.38. The summed E-state index contributed by atoms with van der Waals surface area (Å²) in [6, 6.07) is 8.36. The van der Waals surface area contributed by atoms with Crippen LogP contribution in [0.5, 0.6) is 0 Å². The van der Waals surface area contributed by atoms with Crippen LogP contribution < -0.4 is 0 Å². The van der Waals surface area contributed by atoms with Crippen molar-refractivity contribution < 1.29 is 10.6 Å². The molecule has 82 valence electrons. The minimum absolute atomic E-state index is 0. The van der Waals surface area contributed by atoms with Crippen LogP contribution in [0.1, 0.15) is 30.9 Å². The Morgan fingerprint density at radius 3 is 1.64 bits per heavy atom. The molecule has 0 aromatic heterocycles. The molecule has 0 fully saturated rings. The van der Waals surface area contributed by atoms with Crippen LogP contribution in [-0.2, 0) is 0 Å². The second-order valence-corrected chi connectivity index (χ2v) is 3.16. The van der Waals surface area contributed by atoms with Gasteiger partial charge in [0.25, 0.3) is 0 Å². The van der Waals surface area contributed by atoms with Crippen molar-refractivity contribution in [3.8, 4) is 0 Å². The molecule has 0 saturated carbocycles. The van der Waals surface area contributed by atoms with Crippen molar-refractivity contribution in [1.82, 2.24) is 0 Å². The number of aryl methyl sites for hydroxylation is 2. The molecule has 0 aliphatic rings. The highest BCUT2D eigenvalue weighted by atomic mass is 16.2. The highest BCUT2D eigenvalue weighted by molar-refractivity contribution is 5.23. The average Bonchev–Trinajstić information content (AvgIpc) is 2.13. The maximum Gasteiger partial charge on any atom is 0.0430 e. The molecule has 0 heterocycles. The summed E-state index contributed by atoms with van der Waals surface area (Å²) in [5, 5.41) is 8.07. The molecule has 2 heteroatoms. The summed E-state index contributed by atoms with van der Waals surface area (Å²) in [5.41, 5.74) is 2.74. The molecule has 1 aromatic carbocycles. The highest BCUT2D eigenvalue weighted by Crippen LogP contribution is 2.02. The van der Waals surface area contributed by atoms with Gasteiger partial charge in [0, 0.05) is 6.61 Å². The van der Waals surface area contributed by atoms with E-state index in [4.69, 9.17) is 5.11 Å². The van der Waals surface area contributed by atoms with Crippen molar-refractivity contribution in [2.45, 2.75) is 33.6 Å². The Bertz CT molecular complexity index is 198. The zero-order valence-electron chi connectivity index (χ0n) is 9.38. The predicted molar refractivity (Wildman–Crippen MR) is 61.5 cm³/mol. The van der Waals surface area contributed by atoms with E-state index in [1.165, 1.54) is 11.1 Å². The minimum atomic E-state index is 0. The molecule has 1 rings (SSSR count). The second-order valence-electron chi connectivity index (χ2n) is 3.16. The van der Waals surface area contributed by atoms with Gasteiger partial charge in [-0.25, -0.2) is 0 Å². The average molecular weight is 198 g/mol. The molecular formula is C12H22O2. The Morgan fingerprint density at radius 2 is 1.50 bits per heavy atom. The molecule has 0 saturated heterocycles. The molecule has 0 bridgehead atoms. The molecule has 1 aromatic rings. The number of unbranched alkanes of at least 4 members (excludes halogenated alkanes) is 1.